The summed E-state index contributed by atoms with van der Waals surface area (Å²) < 4.78 is 20.4. The molecule has 3 aromatic carbocycles. The van der Waals surface area contributed by atoms with E-state index in [1.165, 1.54) is 12.1 Å². The fraction of sp³-hybridized carbons (Fsp3) is 0.382. The summed E-state index contributed by atoms with van der Waals surface area (Å²) in [4.78, 5) is 16.6. The Balaban J connectivity index is 1.02. The van der Waals surface area contributed by atoms with Crippen molar-refractivity contribution in [3.05, 3.63) is 105 Å². The number of aliphatic hydroxyl groups is 1. The van der Waals surface area contributed by atoms with E-state index in [4.69, 9.17) is 4.74 Å². The van der Waals surface area contributed by atoms with Crippen LogP contribution in [0, 0.1) is 5.82 Å². The van der Waals surface area contributed by atoms with Crippen molar-refractivity contribution in [1.29, 1.82) is 0 Å². The molecule has 0 saturated carbocycles. The lowest BCUT2D eigenvalue weighted by molar-refractivity contribution is 0.108. The zero-order valence-electron chi connectivity index (χ0n) is 24.3. The monoisotopic (exact) mass is 573 g/mol. The molecule has 8 heteroatoms. The predicted octanol–water partition coefficient (Wildman–Crippen LogP) is 5.06. The Labute approximate surface area is 246 Å². The van der Waals surface area contributed by atoms with Crippen LogP contribution in [0.2, 0.25) is 0 Å². The Morgan fingerprint density at radius 1 is 1.02 bits per heavy atom. The van der Waals surface area contributed by atoms with Crippen LogP contribution in [-0.2, 0) is 12.8 Å². The van der Waals surface area contributed by atoms with Crippen LogP contribution in [0.3, 0.4) is 0 Å². The molecule has 42 heavy (non-hydrogen) atoms. The number of pyridine rings is 1. The summed E-state index contributed by atoms with van der Waals surface area (Å²) in [5, 5.41) is 24.7. The molecule has 1 aliphatic rings. The number of fused-ring (bicyclic) bond motifs is 1. The van der Waals surface area contributed by atoms with Crippen LogP contribution in [-0.4, -0.2) is 58.9 Å². The van der Waals surface area contributed by atoms with Gasteiger partial charge in [-0.2, -0.15) is 0 Å². The van der Waals surface area contributed by atoms with E-state index in [-0.39, 0.29) is 23.0 Å². The number of phenols is 1. The first-order valence-electron chi connectivity index (χ1n) is 14.8. The number of benzene rings is 3. The van der Waals surface area contributed by atoms with Gasteiger partial charge in [0.2, 0.25) is 5.56 Å². The van der Waals surface area contributed by atoms with Crippen molar-refractivity contribution in [2.24, 2.45) is 0 Å². The zero-order chi connectivity index (χ0) is 29.6. The molecule has 0 bridgehead atoms. The van der Waals surface area contributed by atoms with Gasteiger partial charge in [-0.05, 0) is 92.2 Å². The standard InChI is InChI=1S/C34H40FN3O4/c1-22(2)38-20-25(21-38)29-18-24(7-12-30(29)35)4-3-17-42-26-8-5-23(6-9-26)15-16-36-19-32(40)27-10-13-31(39)34-28(27)11-14-33(41)37-34/h5-14,18,22,25,32,36,39-40H,3-4,15-17,19-21H2,1-2H3,(H,37,41). The molecule has 1 unspecified atom stereocenters. The van der Waals surface area contributed by atoms with Crippen molar-refractivity contribution in [3.8, 4) is 11.5 Å². The molecule has 1 aliphatic heterocycles. The third-order valence-electron chi connectivity index (χ3n) is 8.14. The summed E-state index contributed by atoms with van der Waals surface area (Å²) in [6.07, 6.45) is 1.71. The van der Waals surface area contributed by atoms with Crippen molar-refractivity contribution in [2.75, 3.05) is 32.8 Å². The third-order valence-corrected chi connectivity index (χ3v) is 8.14. The van der Waals surface area contributed by atoms with Gasteiger partial charge in [-0.1, -0.05) is 30.3 Å². The second kappa shape index (κ2) is 13.5. The van der Waals surface area contributed by atoms with Gasteiger partial charge in [-0.3, -0.25) is 9.69 Å². The number of nitrogens with zero attached hydrogens (tertiary/aromatic N) is 1. The lowest BCUT2D eigenvalue weighted by Gasteiger charge is -2.42. The van der Waals surface area contributed by atoms with Gasteiger partial charge in [0.1, 0.15) is 17.3 Å². The molecule has 2 heterocycles. The molecule has 1 fully saturated rings. The maximum Gasteiger partial charge on any atom is 0.248 e. The second-order valence-corrected chi connectivity index (χ2v) is 11.5. The fourth-order valence-corrected chi connectivity index (χ4v) is 5.54. The molecule has 7 nitrogen and oxygen atoms in total. The van der Waals surface area contributed by atoms with Gasteiger partial charge in [0, 0.05) is 43.0 Å². The Morgan fingerprint density at radius 3 is 2.55 bits per heavy atom. The molecule has 1 saturated heterocycles. The second-order valence-electron chi connectivity index (χ2n) is 11.5. The number of aryl methyl sites for hydroxylation is 1. The van der Waals surface area contributed by atoms with Crippen molar-refractivity contribution >= 4 is 10.9 Å². The first kappa shape index (κ1) is 29.8. The molecule has 4 N–H and O–H groups in total. The van der Waals surface area contributed by atoms with E-state index in [1.54, 1.807) is 18.2 Å². The fourth-order valence-electron chi connectivity index (χ4n) is 5.54. The van der Waals surface area contributed by atoms with Gasteiger partial charge in [-0.25, -0.2) is 4.39 Å². The highest BCUT2D eigenvalue weighted by molar-refractivity contribution is 5.87. The summed E-state index contributed by atoms with van der Waals surface area (Å²) in [6.45, 7) is 7.82. The van der Waals surface area contributed by atoms with Crippen LogP contribution < -0.4 is 15.6 Å². The molecule has 0 spiro atoms. The molecule has 0 aliphatic carbocycles. The Bertz CT molecular complexity index is 1550. The van der Waals surface area contributed by atoms with Crippen molar-refractivity contribution in [1.82, 2.24) is 15.2 Å². The summed E-state index contributed by atoms with van der Waals surface area (Å²) in [7, 11) is 0. The Morgan fingerprint density at radius 2 is 1.79 bits per heavy atom. The highest BCUT2D eigenvalue weighted by Gasteiger charge is 2.31. The number of hydrogen-bond donors (Lipinski definition) is 4. The average Bonchev–Trinajstić information content (AvgIpc) is 2.95. The zero-order valence-corrected chi connectivity index (χ0v) is 24.3. The van der Waals surface area contributed by atoms with E-state index in [1.807, 2.05) is 36.4 Å². The molecule has 4 aromatic rings. The SMILES string of the molecule is CC(C)N1CC(c2cc(CCCOc3ccc(CCNCC(O)c4ccc(O)c5[nH]c(=O)ccc45)cc3)ccc2F)C1. The number of H-pyrrole nitrogens is 1. The van der Waals surface area contributed by atoms with Gasteiger partial charge in [0.25, 0.3) is 0 Å². The number of likely N-dealkylation sites (tertiary alicyclic amines) is 1. The Hall–Kier alpha value is -3.72. The lowest BCUT2D eigenvalue weighted by atomic mass is 9.88. The molecule has 1 atom stereocenters. The van der Waals surface area contributed by atoms with Gasteiger partial charge < -0.3 is 25.3 Å². The van der Waals surface area contributed by atoms with Crippen LogP contribution in [0.5, 0.6) is 11.5 Å². The summed E-state index contributed by atoms with van der Waals surface area (Å²) >= 11 is 0. The van der Waals surface area contributed by atoms with Crippen LogP contribution >= 0.6 is 0 Å². The van der Waals surface area contributed by atoms with Crippen molar-refractivity contribution < 1.29 is 19.3 Å². The van der Waals surface area contributed by atoms with Crippen molar-refractivity contribution in [2.45, 2.75) is 51.2 Å². The smallest absolute Gasteiger partial charge is 0.248 e. The third kappa shape index (κ3) is 7.18. The highest BCUT2D eigenvalue weighted by atomic mass is 19.1. The van der Waals surface area contributed by atoms with Gasteiger partial charge >= 0.3 is 0 Å². The van der Waals surface area contributed by atoms with E-state index in [2.05, 4.69) is 29.0 Å². The predicted molar refractivity (Wildman–Crippen MR) is 164 cm³/mol. The number of aromatic amines is 1. The quantitative estimate of drug-likeness (QED) is 0.167. The maximum atomic E-state index is 14.4. The van der Waals surface area contributed by atoms with Gasteiger partial charge in [-0.15, -0.1) is 0 Å². The molecular weight excluding hydrogens is 533 g/mol. The maximum absolute atomic E-state index is 14.4. The highest BCUT2D eigenvalue weighted by Crippen LogP contribution is 2.31. The summed E-state index contributed by atoms with van der Waals surface area (Å²) in [6, 6.07) is 20.2. The van der Waals surface area contributed by atoms with Crippen LogP contribution in [0.25, 0.3) is 10.9 Å². The molecular formula is C34H40FN3O4. The van der Waals surface area contributed by atoms with Crippen LogP contribution in [0.4, 0.5) is 4.39 Å². The molecule has 5 rings (SSSR count). The molecule has 1 aromatic heterocycles. The van der Waals surface area contributed by atoms with E-state index in [0.29, 0.717) is 42.2 Å². The number of phenolic OH excluding ortho intramolecular Hbond substituents is 1. The first-order chi connectivity index (χ1) is 20.3. The normalized spacial score (nSPS) is 14.8. The minimum atomic E-state index is -0.787. The largest absolute Gasteiger partial charge is 0.506 e. The minimum absolute atomic E-state index is 0.0248. The number of rotatable bonds is 13. The van der Waals surface area contributed by atoms with Crippen molar-refractivity contribution in [3.63, 3.8) is 0 Å². The number of nitrogens with one attached hydrogen (secondary N) is 2. The molecule has 0 radical (unpaired) electrons. The topological polar surface area (TPSA) is 97.8 Å². The lowest BCUT2D eigenvalue weighted by Crippen LogP contribution is -2.48. The number of aromatic hydroxyl groups is 1. The number of hydrogen-bond acceptors (Lipinski definition) is 6. The molecule has 222 valence electrons. The average molecular weight is 574 g/mol. The number of aliphatic hydroxyl groups excluding tert-OH is 1. The summed E-state index contributed by atoms with van der Waals surface area (Å²) in [5.41, 5.74) is 3.82. The van der Waals surface area contributed by atoms with Crippen LogP contribution in [0.15, 0.2) is 71.5 Å². The van der Waals surface area contributed by atoms with Gasteiger partial charge in [0.05, 0.1) is 18.2 Å². The molecule has 0 amide bonds. The first-order valence-corrected chi connectivity index (χ1v) is 14.8. The Kier molecular flexibility index (Phi) is 9.57. The van der Waals surface area contributed by atoms with Crippen LogP contribution in [0.1, 0.15) is 54.5 Å². The van der Waals surface area contributed by atoms with E-state index in [0.717, 1.165) is 54.8 Å². The number of ether oxygens (including phenoxy) is 1. The number of halogens is 1. The number of aromatic nitrogens is 1. The van der Waals surface area contributed by atoms with E-state index >= 15 is 0 Å². The van der Waals surface area contributed by atoms with E-state index in [9.17, 15) is 19.4 Å². The van der Waals surface area contributed by atoms with E-state index < -0.39 is 6.10 Å². The minimum Gasteiger partial charge on any atom is -0.506 e. The summed E-state index contributed by atoms with van der Waals surface area (Å²) in [5.74, 6) is 0.986. The van der Waals surface area contributed by atoms with Gasteiger partial charge in [0.15, 0.2) is 0 Å².